The average Bonchev–Trinajstić information content (AvgIpc) is 3.62. The average molecular weight is 692 g/mol. The van der Waals surface area contributed by atoms with Gasteiger partial charge in [0.2, 0.25) is 0 Å². The van der Waals surface area contributed by atoms with Crippen molar-refractivity contribution in [2.24, 2.45) is 39.6 Å². The standard InChI is InChI=1S/C35H53N3O11/c1-16-25(37-38-36)30(49-31-28(42)27(41)26(40)17(2)47-31)29(43)32(46-16)48-20-7-10-33(3)19(14-20)5-6-23-22(33)8-11-34(4)21(9-12-35(23,34)44)18-13-24(39)45-15-18/h13,16-17,19-23,25-32,40-44H,5-12,14-15H2,1-4H3/t16?,17?,19?,20?,21?,22?,23-,25?,26?,27?,28?,29?,30?,31?,32?,33?,34?,35?/m1/s1. The Morgan fingerprint density at radius 2 is 1.61 bits per heavy atom. The third-order valence-electron chi connectivity index (χ3n) is 14.3. The molecule has 14 heteroatoms. The number of carbonyl (C=O) groups is 1. The molecule has 0 spiro atoms. The van der Waals surface area contributed by atoms with Crippen molar-refractivity contribution in [3.63, 3.8) is 0 Å². The summed E-state index contributed by atoms with van der Waals surface area (Å²) in [6, 6.07) is -0.976. The van der Waals surface area contributed by atoms with Gasteiger partial charge in [-0.3, -0.25) is 0 Å². The fraction of sp³-hybridized carbons (Fsp3) is 0.914. The molecule has 4 aliphatic carbocycles. The van der Waals surface area contributed by atoms with Crippen LogP contribution < -0.4 is 0 Å². The smallest absolute Gasteiger partial charge is 0.331 e. The molecule has 17 unspecified atom stereocenters. The molecule has 0 radical (unpaired) electrons. The number of rotatable bonds is 6. The lowest BCUT2D eigenvalue weighted by atomic mass is 9.43. The van der Waals surface area contributed by atoms with Crippen LogP contribution in [-0.4, -0.2) is 111 Å². The number of carbonyl (C=O) groups excluding carboxylic acids is 1. The van der Waals surface area contributed by atoms with Crippen LogP contribution in [0.3, 0.4) is 0 Å². The monoisotopic (exact) mass is 691 g/mol. The summed E-state index contributed by atoms with van der Waals surface area (Å²) in [5.74, 6) is 0.802. The Hall–Kier alpha value is -1.84. The molecule has 274 valence electrons. The van der Waals surface area contributed by atoms with Crippen LogP contribution in [0.4, 0.5) is 0 Å². The molecule has 7 rings (SSSR count). The van der Waals surface area contributed by atoms with E-state index in [0.717, 1.165) is 63.4 Å². The SMILES string of the molecule is CC1OC(OC2C(O)C(OC3CCC4(C)C(CC[C@@H]5C4CCC4(C)C(C6=CC(=O)OC6)CCC54O)C3)OC(C)C2N=[N+]=[N-])C(O)C(O)C1O. The van der Waals surface area contributed by atoms with Crippen molar-refractivity contribution in [3.8, 4) is 0 Å². The molecule has 3 aliphatic heterocycles. The molecular formula is C35H53N3O11. The van der Waals surface area contributed by atoms with Crippen LogP contribution in [0.15, 0.2) is 16.8 Å². The summed E-state index contributed by atoms with van der Waals surface area (Å²) in [5, 5.41) is 58.8. The third-order valence-corrected chi connectivity index (χ3v) is 14.3. The lowest BCUT2D eigenvalue weighted by molar-refractivity contribution is -0.345. The molecule has 0 amide bonds. The molecule has 6 fully saturated rings. The van der Waals surface area contributed by atoms with Gasteiger partial charge < -0.3 is 49.2 Å². The quantitative estimate of drug-likeness (QED) is 0.0898. The van der Waals surface area contributed by atoms with Crippen molar-refractivity contribution < 1.29 is 54.0 Å². The molecule has 0 aromatic rings. The van der Waals surface area contributed by atoms with Crippen LogP contribution in [0.5, 0.6) is 0 Å². The maximum absolute atomic E-state index is 12.5. The molecule has 0 aromatic heterocycles. The Morgan fingerprint density at radius 1 is 0.878 bits per heavy atom. The van der Waals surface area contributed by atoms with E-state index in [1.54, 1.807) is 13.0 Å². The van der Waals surface area contributed by atoms with Crippen LogP contribution in [0.2, 0.25) is 0 Å². The zero-order valence-corrected chi connectivity index (χ0v) is 28.8. The van der Waals surface area contributed by atoms with Gasteiger partial charge in [-0.15, -0.1) is 0 Å². The van der Waals surface area contributed by atoms with Crippen LogP contribution in [-0.2, 0) is 28.5 Å². The minimum absolute atomic E-state index is 0.0256. The predicted octanol–water partition coefficient (Wildman–Crippen LogP) is 2.63. The van der Waals surface area contributed by atoms with Crippen molar-refractivity contribution >= 4 is 5.97 Å². The molecule has 0 aromatic carbocycles. The maximum atomic E-state index is 12.5. The summed E-state index contributed by atoms with van der Waals surface area (Å²) in [4.78, 5) is 14.8. The summed E-state index contributed by atoms with van der Waals surface area (Å²) in [6.07, 6.45) is -1.76. The van der Waals surface area contributed by atoms with Crippen molar-refractivity contribution in [1.82, 2.24) is 0 Å². The highest BCUT2D eigenvalue weighted by molar-refractivity contribution is 5.85. The van der Waals surface area contributed by atoms with Crippen LogP contribution in [0, 0.1) is 34.5 Å². The van der Waals surface area contributed by atoms with E-state index in [1.165, 1.54) is 6.92 Å². The number of ether oxygens (including phenoxy) is 5. The molecule has 2 saturated heterocycles. The Labute approximate surface area is 286 Å². The van der Waals surface area contributed by atoms with Gasteiger partial charge in [-0.25, -0.2) is 4.79 Å². The summed E-state index contributed by atoms with van der Waals surface area (Å²) in [7, 11) is 0. The molecule has 49 heavy (non-hydrogen) atoms. The number of esters is 1. The van der Waals surface area contributed by atoms with E-state index >= 15 is 0 Å². The van der Waals surface area contributed by atoms with E-state index < -0.39 is 67.0 Å². The third kappa shape index (κ3) is 5.66. The first-order valence-electron chi connectivity index (χ1n) is 18.2. The van der Waals surface area contributed by atoms with Crippen molar-refractivity contribution in [3.05, 3.63) is 22.1 Å². The van der Waals surface area contributed by atoms with Crippen molar-refractivity contribution in [1.29, 1.82) is 0 Å². The molecular weight excluding hydrogens is 638 g/mol. The fourth-order valence-electron chi connectivity index (χ4n) is 11.5. The Kier molecular flexibility index (Phi) is 9.42. The zero-order valence-electron chi connectivity index (χ0n) is 28.8. The number of aliphatic hydroxyl groups is 5. The van der Waals surface area contributed by atoms with E-state index in [0.29, 0.717) is 18.4 Å². The van der Waals surface area contributed by atoms with E-state index in [2.05, 4.69) is 23.9 Å². The van der Waals surface area contributed by atoms with Gasteiger partial charge in [-0.2, -0.15) is 0 Å². The highest BCUT2D eigenvalue weighted by Crippen LogP contribution is 2.70. The molecule has 18 atom stereocenters. The van der Waals surface area contributed by atoms with E-state index in [9.17, 15) is 35.9 Å². The van der Waals surface area contributed by atoms with Crippen LogP contribution in [0.25, 0.3) is 10.4 Å². The Balaban J connectivity index is 1.03. The van der Waals surface area contributed by atoms with Gasteiger partial charge in [0.25, 0.3) is 0 Å². The first-order valence-corrected chi connectivity index (χ1v) is 18.2. The van der Waals surface area contributed by atoms with Gasteiger partial charge in [0.1, 0.15) is 37.1 Å². The van der Waals surface area contributed by atoms with Crippen molar-refractivity contribution in [2.75, 3.05) is 6.61 Å². The summed E-state index contributed by atoms with van der Waals surface area (Å²) >= 11 is 0. The number of aliphatic hydroxyl groups excluding tert-OH is 4. The molecule has 5 N–H and O–H groups in total. The number of cyclic esters (lactones) is 1. The normalized spacial score (nSPS) is 54.2. The largest absolute Gasteiger partial charge is 0.458 e. The molecule has 0 bridgehead atoms. The van der Waals surface area contributed by atoms with Gasteiger partial charge in [0.05, 0.1) is 30.0 Å². The number of azide groups is 1. The molecule has 14 nitrogen and oxygen atoms in total. The number of fused-ring (bicyclic) bond motifs is 5. The highest BCUT2D eigenvalue weighted by Gasteiger charge is 2.68. The summed E-state index contributed by atoms with van der Waals surface area (Å²) < 4.78 is 29.4. The first-order chi connectivity index (χ1) is 23.2. The van der Waals surface area contributed by atoms with Crippen molar-refractivity contribution in [2.45, 2.75) is 159 Å². The van der Waals surface area contributed by atoms with Crippen LogP contribution >= 0.6 is 0 Å². The second kappa shape index (κ2) is 13.0. The fourth-order valence-corrected chi connectivity index (χ4v) is 11.5. The lowest BCUT2D eigenvalue weighted by Crippen LogP contribution is -2.63. The Morgan fingerprint density at radius 3 is 2.33 bits per heavy atom. The molecule has 7 aliphatic rings. The second-order valence-corrected chi connectivity index (χ2v) is 16.5. The molecule has 3 heterocycles. The van der Waals surface area contributed by atoms with Gasteiger partial charge in [0.15, 0.2) is 12.6 Å². The number of hydrogen-bond donors (Lipinski definition) is 5. The molecule has 4 saturated carbocycles. The lowest BCUT2D eigenvalue weighted by Gasteiger charge is -2.64. The van der Waals surface area contributed by atoms with Crippen LogP contribution in [0.1, 0.15) is 85.5 Å². The van der Waals surface area contributed by atoms with Gasteiger partial charge in [-0.05, 0) is 112 Å². The first kappa shape index (κ1) is 35.6. The topological polar surface area (TPSA) is 213 Å². The highest BCUT2D eigenvalue weighted by atomic mass is 16.7. The number of nitrogens with zero attached hydrogens (tertiary/aromatic N) is 3. The number of hydrogen-bond acceptors (Lipinski definition) is 12. The summed E-state index contributed by atoms with van der Waals surface area (Å²) in [5.41, 5.74) is 9.24. The maximum Gasteiger partial charge on any atom is 0.331 e. The van der Waals surface area contributed by atoms with E-state index in [-0.39, 0.29) is 34.7 Å². The van der Waals surface area contributed by atoms with Gasteiger partial charge in [-0.1, -0.05) is 19.0 Å². The predicted molar refractivity (Wildman–Crippen MR) is 171 cm³/mol. The Bertz CT molecular complexity index is 1360. The minimum atomic E-state index is -1.60. The minimum Gasteiger partial charge on any atom is -0.458 e. The zero-order chi connectivity index (χ0) is 35.0. The van der Waals surface area contributed by atoms with Gasteiger partial charge >= 0.3 is 5.97 Å². The summed E-state index contributed by atoms with van der Waals surface area (Å²) in [6.45, 7) is 8.19. The second-order valence-electron chi connectivity index (χ2n) is 16.5. The van der Waals surface area contributed by atoms with E-state index in [4.69, 9.17) is 23.7 Å². The van der Waals surface area contributed by atoms with Gasteiger partial charge in [0, 0.05) is 16.4 Å². The van der Waals surface area contributed by atoms with E-state index in [1.807, 2.05) is 0 Å².